The Morgan fingerprint density at radius 2 is 1.78 bits per heavy atom. The van der Waals surface area contributed by atoms with Crippen LogP contribution in [0.2, 0.25) is 0 Å². The number of fused-ring (bicyclic) bond motifs is 2. The van der Waals surface area contributed by atoms with E-state index in [9.17, 15) is 4.79 Å². The smallest absolute Gasteiger partial charge is 0.252 e. The van der Waals surface area contributed by atoms with Gasteiger partial charge in [0.1, 0.15) is 5.82 Å². The molecule has 2 heterocycles. The summed E-state index contributed by atoms with van der Waals surface area (Å²) in [5.74, 6) is 2.92. The average Bonchev–Trinajstić information content (AvgIpc) is 2.85. The van der Waals surface area contributed by atoms with Crippen LogP contribution in [0.3, 0.4) is 0 Å². The lowest BCUT2D eigenvalue weighted by Crippen LogP contribution is -2.43. The Bertz CT molecular complexity index is 1290. The molecule has 0 saturated heterocycles. The monoisotopic (exact) mass is 487 g/mol. The van der Waals surface area contributed by atoms with Crippen LogP contribution >= 0.6 is 0 Å². The predicted octanol–water partition coefficient (Wildman–Crippen LogP) is 5.76. The van der Waals surface area contributed by atoms with E-state index in [1.165, 1.54) is 17.5 Å². The second-order valence-electron chi connectivity index (χ2n) is 11.3. The summed E-state index contributed by atoms with van der Waals surface area (Å²) in [6, 6.07) is 14.2. The summed E-state index contributed by atoms with van der Waals surface area (Å²) in [6.45, 7) is 8.43. The number of pyridine rings is 1. The maximum atomic E-state index is 13.6. The number of benzene rings is 2. The number of hydrogen-bond acceptors (Lipinski definition) is 5. The fourth-order valence-corrected chi connectivity index (χ4v) is 6.31. The maximum absolute atomic E-state index is 13.6. The summed E-state index contributed by atoms with van der Waals surface area (Å²) in [4.78, 5) is 20.9. The van der Waals surface area contributed by atoms with Crippen molar-refractivity contribution in [3.8, 4) is 11.5 Å². The van der Waals surface area contributed by atoms with Gasteiger partial charge in [0, 0.05) is 24.5 Å². The van der Waals surface area contributed by atoms with E-state index in [4.69, 9.17) is 14.5 Å². The summed E-state index contributed by atoms with van der Waals surface area (Å²) >= 11 is 0. The summed E-state index contributed by atoms with van der Waals surface area (Å²) in [5.41, 5.74) is 4.24. The van der Waals surface area contributed by atoms with Crippen molar-refractivity contribution in [2.45, 2.75) is 59.0 Å². The van der Waals surface area contributed by atoms with Gasteiger partial charge in [-0.1, -0.05) is 39.0 Å². The van der Waals surface area contributed by atoms with E-state index in [1.54, 1.807) is 14.2 Å². The fourth-order valence-electron chi connectivity index (χ4n) is 6.31. The van der Waals surface area contributed by atoms with Gasteiger partial charge < -0.3 is 19.7 Å². The number of methoxy groups -OCH3 is 2. The SMILES string of the molecule is COc1cc2c(cc1OC)CN(c1cc(C(=O)N[C@@H]3C[C@@H](C)CC(C)(C)C3)c3ccccc3n1)CC2. The molecule has 1 amide bonds. The molecule has 1 aliphatic heterocycles. The Morgan fingerprint density at radius 1 is 1.06 bits per heavy atom. The second kappa shape index (κ2) is 9.64. The van der Waals surface area contributed by atoms with Crippen LogP contribution in [0, 0.1) is 11.3 Å². The Labute approximate surface area is 214 Å². The van der Waals surface area contributed by atoms with E-state index in [-0.39, 0.29) is 17.4 Å². The van der Waals surface area contributed by atoms with E-state index < -0.39 is 0 Å². The van der Waals surface area contributed by atoms with E-state index in [2.05, 4.69) is 43.1 Å². The van der Waals surface area contributed by atoms with E-state index >= 15 is 0 Å². The van der Waals surface area contributed by atoms with Gasteiger partial charge in [0.2, 0.25) is 0 Å². The van der Waals surface area contributed by atoms with Crippen LogP contribution in [0.4, 0.5) is 5.82 Å². The number of carbonyl (C=O) groups excluding carboxylic acids is 1. The summed E-state index contributed by atoms with van der Waals surface area (Å²) in [6.07, 6.45) is 4.11. The molecule has 1 saturated carbocycles. The van der Waals surface area contributed by atoms with Gasteiger partial charge in [-0.3, -0.25) is 4.79 Å². The standard InChI is InChI=1S/C30H37N3O3/c1-19-12-22(17-30(2,3)16-19)31-29(34)24-15-28(32-25-9-7-6-8-23(24)25)33-11-10-20-13-26(35-4)27(36-5)14-21(20)18-33/h6-9,13-15,19,22H,10-12,16-18H2,1-5H3,(H,31,34)/t19-,22-/m1/s1. The van der Waals surface area contributed by atoms with Crippen molar-refractivity contribution in [2.75, 3.05) is 25.7 Å². The zero-order chi connectivity index (χ0) is 25.4. The van der Waals surface area contributed by atoms with Crippen molar-refractivity contribution in [2.24, 2.45) is 11.3 Å². The Morgan fingerprint density at radius 3 is 2.50 bits per heavy atom. The number of rotatable bonds is 5. The Kier molecular flexibility index (Phi) is 6.54. The first-order valence-corrected chi connectivity index (χ1v) is 13.0. The average molecular weight is 488 g/mol. The highest BCUT2D eigenvalue weighted by atomic mass is 16.5. The predicted molar refractivity (Wildman–Crippen MR) is 144 cm³/mol. The number of anilines is 1. The molecular formula is C30H37N3O3. The third-order valence-corrected chi connectivity index (χ3v) is 7.71. The molecule has 0 radical (unpaired) electrons. The molecule has 0 unspecified atom stereocenters. The molecule has 0 spiro atoms. The molecule has 2 atom stereocenters. The zero-order valence-corrected chi connectivity index (χ0v) is 22.1. The quantitative estimate of drug-likeness (QED) is 0.496. The molecule has 6 nitrogen and oxygen atoms in total. The number of amides is 1. The first-order chi connectivity index (χ1) is 17.3. The minimum absolute atomic E-state index is 0.00596. The molecule has 0 bridgehead atoms. The number of aromatic nitrogens is 1. The summed E-state index contributed by atoms with van der Waals surface area (Å²) in [5, 5.41) is 4.27. The van der Waals surface area contributed by atoms with E-state index in [0.717, 1.165) is 54.0 Å². The zero-order valence-electron chi connectivity index (χ0n) is 22.1. The summed E-state index contributed by atoms with van der Waals surface area (Å²) in [7, 11) is 3.33. The van der Waals surface area contributed by atoms with E-state index in [1.807, 2.05) is 30.3 Å². The molecule has 1 aliphatic carbocycles. The number of ether oxygens (including phenoxy) is 2. The number of hydrogen-bond donors (Lipinski definition) is 1. The van der Waals surface area contributed by atoms with Gasteiger partial charge in [0.05, 0.1) is 25.3 Å². The highest BCUT2D eigenvalue weighted by Crippen LogP contribution is 2.39. The van der Waals surface area contributed by atoms with Crippen molar-refractivity contribution >= 4 is 22.6 Å². The molecule has 2 aliphatic rings. The van der Waals surface area contributed by atoms with Gasteiger partial charge in [0.25, 0.3) is 5.91 Å². The third kappa shape index (κ3) is 4.86. The first kappa shape index (κ1) is 24.4. The van der Waals surface area contributed by atoms with Crippen molar-refractivity contribution in [3.05, 3.63) is 59.2 Å². The van der Waals surface area contributed by atoms with Crippen molar-refractivity contribution in [1.82, 2.24) is 10.3 Å². The largest absolute Gasteiger partial charge is 0.493 e. The normalized spacial score (nSPS) is 21.1. The molecule has 36 heavy (non-hydrogen) atoms. The Balaban J connectivity index is 1.45. The van der Waals surface area contributed by atoms with Gasteiger partial charge in [-0.15, -0.1) is 0 Å². The number of nitrogens with one attached hydrogen (secondary N) is 1. The van der Waals surface area contributed by atoms with Gasteiger partial charge in [-0.05, 0) is 72.4 Å². The lowest BCUT2D eigenvalue weighted by atomic mass is 9.70. The van der Waals surface area contributed by atoms with Gasteiger partial charge in [0.15, 0.2) is 11.5 Å². The van der Waals surface area contributed by atoms with Crippen LogP contribution < -0.4 is 19.7 Å². The molecule has 6 heteroatoms. The lowest BCUT2D eigenvalue weighted by Gasteiger charge is -2.39. The minimum atomic E-state index is -0.00596. The molecule has 1 N–H and O–H groups in total. The maximum Gasteiger partial charge on any atom is 0.252 e. The van der Waals surface area contributed by atoms with Crippen LogP contribution in [0.15, 0.2) is 42.5 Å². The fraction of sp³-hybridized carbons (Fsp3) is 0.467. The number of carbonyl (C=O) groups is 1. The highest BCUT2D eigenvalue weighted by Gasteiger charge is 2.33. The topological polar surface area (TPSA) is 63.7 Å². The van der Waals surface area contributed by atoms with Crippen LogP contribution in [-0.4, -0.2) is 37.7 Å². The number of para-hydroxylation sites is 1. The first-order valence-electron chi connectivity index (χ1n) is 13.0. The van der Waals surface area contributed by atoms with E-state index in [0.29, 0.717) is 18.0 Å². The van der Waals surface area contributed by atoms with Gasteiger partial charge in [-0.25, -0.2) is 4.98 Å². The molecule has 3 aromatic rings. The molecule has 1 fully saturated rings. The Hall–Kier alpha value is -3.28. The highest BCUT2D eigenvalue weighted by molar-refractivity contribution is 6.07. The third-order valence-electron chi connectivity index (χ3n) is 7.71. The second-order valence-corrected chi connectivity index (χ2v) is 11.3. The van der Waals surface area contributed by atoms with Crippen LogP contribution in [0.25, 0.3) is 10.9 Å². The molecule has 2 aromatic carbocycles. The molecular weight excluding hydrogens is 450 g/mol. The van der Waals surface area contributed by atoms with Crippen molar-refractivity contribution < 1.29 is 14.3 Å². The molecule has 1 aromatic heterocycles. The van der Waals surface area contributed by atoms with Gasteiger partial charge >= 0.3 is 0 Å². The summed E-state index contributed by atoms with van der Waals surface area (Å²) < 4.78 is 11.0. The van der Waals surface area contributed by atoms with Crippen LogP contribution in [0.1, 0.15) is 61.5 Å². The van der Waals surface area contributed by atoms with Crippen LogP contribution in [-0.2, 0) is 13.0 Å². The van der Waals surface area contributed by atoms with Crippen molar-refractivity contribution in [3.63, 3.8) is 0 Å². The van der Waals surface area contributed by atoms with Gasteiger partial charge in [-0.2, -0.15) is 0 Å². The van der Waals surface area contributed by atoms with Crippen LogP contribution in [0.5, 0.6) is 11.5 Å². The molecule has 5 rings (SSSR count). The van der Waals surface area contributed by atoms with Crippen molar-refractivity contribution in [1.29, 1.82) is 0 Å². The molecule has 190 valence electrons. The lowest BCUT2D eigenvalue weighted by molar-refractivity contribution is 0.0876. The number of nitrogens with zero attached hydrogens (tertiary/aromatic N) is 2. The minimum Gasteiger partial charge on any atom is -0.493 e.